The van der Waals surface area contributed by atoms with E-state index in [4.69, 9.17) is 0 Å². The Balaban J connectivity index is 1.84. The molecule has 0 radical (unpaired) electrons. The lowest BCUT2D eigenvalue weighted by atomic mass is 9.78. The first-order valence-corrected chi connectivity index (χ1v) is 7.36. The topological polar surface area (TPSA) is 40.5 Å². The minimum atomic E-state index is 0.00898. The van der Waals surface area contributed by atoms with E-state index in [2.05, 4.69) is 0 Å². The lowest BCUT2D eigenvalue weighted by Gasteiger charge is -2.44. The van der Waals surface area contributed by atoms with Gasteiger partial charge in [0.25, 0.3) is 5.91 Å². The summed E-state index contributed by atoms with van der Waals surface area (Å²) in [5.41, 5.74) is 0.453. The van der Waals surface area contributed by atoms with Crippen LogP contribution in [0.2, 0.25) is 0 Å². The van der Waals surface area contributed by atoms with E-state index in [1.807, 2.05) is 11.0 Å². The summed E-state index contributed by atoms with van der Waals surface area (Å²) in [6, 6.07) is 7.29. The van der Waals surface area contributed by atoms with E-state index in [9.17, 15) is 9.90 Å². The Morgan fingerprint density at radius 3 is 2.68 bits per heavy atom. The van der Waals surface area contributed by atoms with Gasteiger partial charge in [-0.1, -0.05) is 25.0 Å². The van der Waals surface area contributed by atoms with Crippen molar-refractivity contribution in [3.8, 4) is 5.75 Å². The Morgan fingerprint density at radius 2 is 1.84 bits per heavy atom. The molecule has 0 unspecified atom stereocenters. The van der Waals surface area contributed by atoms with Crippen LogP contribution in [0.25, 0.3) is 0 Å². The molecule has 1 saturated carbocycles. The number of amides is 1. The number of hydrogen-bond acceptors (Lipinski definition) is 2. The highest BCUT2D eigenvalue weighted by atomic mass is 16.3. The van der Waals surface area contributed by atoms with E-state index < -0.39 is 0 Å². The zero-order valence-corrected chi connectivity index (χ0v) is 11.2. The van der Waals surface area contributed by atoms with Crippen molar-refractivity contribution in [2.24, 2.45) is 5.92 Å². The molecule has 0 bridgehead atoms. The van der Waals surface area contributed by atoms with Crippen LogP contribution in [-0.4, -0.2) is 28.5 Å². The summed E-state index contributed by atoms with van der Waals surface area (Å²) in [6.45, 7) is 0.842. The van der Waals surface area contributed by atoms with E-state index in [1.165, 1.54) is 25.7 Å². The van der Waals surface area contributed by atoms with Crippen molar-refractivity contribution in [3.05, 3.63) is 29.8 Å². The second-order valence-corrected chi connectivity index (χ2v) is 5.77. The number of hydrogen-bond donors (Lipinski definition) is 1. The molecule has 1 N–H and O–H groups in total. The molecule has 1 saturated heterocycles. The third kappa shape index (κ3) is 2.34. The van der Waals surface area contributed by atoms with E-state index in [-0.39, 0.29) is 11.7 Å². The van der Waals surface area contributed by atoms with Crippen LogP contribution in [-0.2, 0) is 0 Å². The van der Waals surface area contributed by atoms with Crippen molar-refractivity contribution in [3.63, 3.8) is 0 Å². The standard InChI is InChI=1S/C16H21NO2/c18-15-10-4-2-8-13(15)16(19)17-11-5-7-12-6-1-3-9-14(12)17/h2,4,8,10,12,14,18H,1,3,5-7,9,11H2/t12-,14-/m1/s1. The van der Waals surface area contributed by atoms with Crippen molar-refractivity contribution >= 4 is 5.91 Å². The monoisotopic (exact) mass is 259 g/mol. The number of para-hydroxylation sites is 1. The number of benzene rings is 1. The fourth-order valence-electron chi connectivity index (χ4n) is 3.69. The van der Waals surface area contributed by atoms with Crippen LogP contribution in [0.4, 0.5) is 0 Å². The van der Waals surface area contributed by atoms with E-state index in [1.54, 1.807) is 18.2 Å². The number of rotatable bonds is 1. The Morgan fingerprint density at radius 1 is 1.11 bits per heavy atom. The fourth-order valence-corrected chi connectivity index (χ4v) is 3.69. The maximum atomic E-state index is 12.6. The van der Waals surface area contributed by atoms with Crippen LogP contribution in [0.3, 0.4) is 0 Å². The van der Waals surface area contributed by atoms with Gasteiger partial charge in [-0.15, -0.1) is 0 Å². The number of piperidine rings is 1. The van der Waals surface area contributed by atoms with Gasteiger partial charge < -0.3 is 10.0 Å². The predicted molar refractivity (Wildman–Crippen MR) is 74.1 cm³/mol. The van der Waals surface area contributed by atoms with Gasteiger partial charge in [0.15, 0.2) is 0 Å². The average Bonchev–Trinajstić information content (AvgIpc) is 2.46. The third-order valence-corrected chi connectivity index (χ3v) is 4.64. The van der Waals surface area contributed by atoms with Crippen molar-refractivity contribution in [1.29, 1.82) is 0 Å². The molecule has 1 aromatic rings. The minimum absolute atomic E-state index is 0.00898. The first kappa shape index (κ1) is 12.5. The Hall–Kier alpha value is -1.51. The number of carbonyl (C=O) groups is 1. The fraction of sp³-hybridized carbons (Fsp3) is 0.562. The first-order chi connectivity index (χ1) is 9.27. The molecule has 19 heavy (non-hydrogen) atoms. The van der Waals surface area contributed by atoms with E-state index >= 15 is 0 Å². The average molecular weight is 259 g/mol. The summed E-state index contributed by atoms with van der Waals surface area (Å²) >= 11 is 0. The van der Waals surface area contributed by atoms with Gasteiger partial charge in [-0.2, -0.15) is 0 Å². The summed E-state index contributed by atoms with van der Waals surface area (Å²) in [5, 5.41) is 9.86. The molecule has 1 aliphatic carbocycles. The summed E-state index contributed by atoms with van der Waals surface area (Å²) in [5.74, 6) is 0.789. The maximum Gasteiger partial charge on any atom is 0.257 e. The predicted octanol–water partition coefficient (Wildman–Crippen LogP) is 3.19. The normalized spacial score (nSPS) is 26.8. The molecule has 2 atom stereocenters. The van der Waals surface area contributed by atoms with Crippen LogP contribution in [0.15, 0.2) is 24.3 Å². The number of carbonyl (C=O) groups excluding carboxylic acids is 1. The highest BCUT2D eigenvalue weighted by Crippen LogP contribution is 2.36. The van der Waals surface area contributed by atoms with Gasteiger partial charge in [-0.25, -0.2) is 0 Å². The summed E-state index contributed by atoms with van der Waals surface area (Å²) < 4.78 is 0. The van der Waals surface area contributed by atoms with Gasteiger partial charge >= 0.3 is 0 Å². The summed E-state index contributed by atoms with van der Waals surface area (Å²) in [4.78, 5) is 14.7. The molecule has 1 aromatic carbocycles. The molecule has 3 nitrogen and oxygen atoms in total. The molecular weight excluding hydrogens is 238 g/mol. The smallest absolute Gasteiger partial charge is 0.257 e. The Kier molecular flexibility index (Phi) is 3.45. The second kappa shape index (κ2) is 5.24. The van der Waals surface area contributed by atoms with Gasteiger partial charge in [0.2, 0.25) is 0 Å². The number of fused-ring (bicyclic) bond motifs is 1. The van der Waals surface area contributed by atoms with Crippen LogP contribution < -0.4 is 0 Å². The van der Waals surface area contributed by atoms with Gasteiger partial charge in [-0.3, -0.25) is 4.79 Å². The van der Waals surface area contributed by atoms with Crippen LogP contribution in [0.1, 0.15) is 48.9 Å². The molecular formula is C16H21NO2. The summed E-state index contributed by atoms with van der Waals surface area (Å²) in [6.07, 6.45) is 7.28. The lowest BCUT2D eigenvalue weighted by Crippen LogP contribution is -2.49. The molecule has 3 rings (SSSR count). The molecule has 2 aliphatic rings. The number of likely N-dealkylation sites (tertiary alicyclic amines) is 1. The quantitative estimate of drug-likeness (QED) is 0.841. The number of phenolic OH excluding ortho intramolecular Hbond substituents is 1. The summed E-state index contributed by atoms with van der Waals surface area (Å²) in [7, 11) is 0. The SMILES string of the molecule is O=C(c1ccccc1O)N1CCC[C@H]2CCCC[C@H]21. The van der Waals surface area contributed by atoms with Crippen molar-refractivity contribution < 1.29 is 9.90 Å². The number of nitrogens with zero attached hydrogens (tertiary/aromatic N) is 1. The van der Waals surface area contributed by atoms with Crippen molar-refractivity contribution in [1.82, 2.24) is 4.90 Å². The third-order valence-electron chi connectivity index (χ3n) is 4.64. The molecule has 1 aliphatic heterocycles. The van der Waals surface area contributed by atoms with Gasteiger partial charge in [-0.05, 0) is 43.7 Å². The second-order valence-electron chi connectivity index (χ2n) is 5.77. The molecule has 0 spiro atoms. The van der Waals surface area contributed by atoms with Crippen LogP contribution in [0, 0.1) is 5.92 Å². The van der Waals surface area contributed by atoms with E-state index in [0.29, 0.717) is 17.5 Å². The zero-order chi connectivity index (χ0) is 13.2. The van der Waals surface area contributed by atoms with Crippen LogP contribution in [0.5, 0.6) is 5.75 Å². The highest BCUT2D eigenvalue weighted by Gasteiger charge is 2.36. The Bertz CT molecular complexity index is 470. The number of phenols is 1. The molecule has 102 valence electrons. The van der Waals surface area contributed by atoms with Gasteiger partial charge in [0.1, 0.15) is 5.75 Å². The Labute approximate surface area is 114 Å². The van der Waals surface area contributed by atoms with E-state index in [0.717, 1.165) is 19.4 Å². The molecule has 0 aromatic heterocycles. The zero-order valence-electron chi connectivity index (χ0n) is 11.2. The van der Waals surface area contributed by atoms with Gasteiger partial charge in [0.05, 0.1) is 5.56 Å². The molecule has 2 fully saturated rings. The lowest BCUT2D eigenvalue weighted by molar-refractivity contribution is 0.0388. The van der Waals surface area contributed by atoms with Crippen LogP contribution >= 0.6 is 0 Å². The molecule has 1 heterocycles. The van der Waals surface area contributed by atoms with Crippen molar-refractivity contribution in [2.75, 3.05) is 6.54 Å². The van der Waals surface area contributed by atoms with Gasteiger partial charge in [0, 0.05) is 12.6 Å². The maximum absolute atomic E-state index is 12.6. The molecule has 3 heteroatoms. The molecule has 1 amide bonds. The first-order valence-electron chi connectivity index (χ1n) is 7.36. The largest absolute Gasteiger partial charge is 0.507 e. The highest BCUT2D eigenvalue weighted by molar-refractivity contribution is 5.97. The van der Waals surface area contributed by atoms with Crippen molar-refractivity contribution in [2.45, 2.75) is 44.6 Å². The number of aromatic hydroxyl groups is 1. The minimum Gasteiger partial charge on any atom is -0.507 e.